The quantitative estimate of drug-likeness (QED) is 0.108. The molecule has 3 aromatic heterocycles. The van der Waals surface area contributed by atoms with E-state index in [-0.39, 0.29) is 40.1 Å². The molecule has 4 aromatic rings. The molecule has 5 rings (SSSR count). The number of nitrogens with one attached hydrogen (secondary N) is 2. The van der Waals surface area contributed by atoms with Crippen LogP contribution in [0.5, 0.6) is 0 Å². The Kier molecular flexibility index (Phi) is 7.24. The molecule has 0 radical (unpaired) electrons. The Labute approximate surface area is 223 Å². The molecule has 1 amide bonds. The molecule has 14 heteroatoms. The van der Waals surface area contributed by atoms with Gasteiger partial charge in [0.05, 0.1) is 34.7 Å². The summed E-state index contributed by atoms with van der Waals surface area (Å²) < 4.78 is 6.64. The van der Waals surface area contributed by atoms with Crippen molar-refractivity contribution in [2.45, 2.75) is 37.8 Å². The molecule has 196 valence electrons. The summed E-state index contributed by atoms with van der Waals surface area (Å²) in [6.45, 7) is 1.98. The SMILES string of the molecule is CCOC(=O)c1c(NC(=O)CSc2nc3c(cnn3-c3ccc([N+](=O)[O-])cc3)c(=O)[nH]2)sc2c1CCCC2. The van der Waals surface area contributed by atoms with Gasteiger partial charge in [-0.1, -0.05) is 11.8 Å². The zero-order chi connectivity index (χ0) is 26.8. The third-order valence-corrected chi connectivity index (χ3v) is 8.05. The van der Waals surface area contributed by atoms with Crippen molar-refractivity contribution >= 4 is 56.7 Å². The molecule has 0 aliphatic heterocycles. The summed E-state index contributed by atoms with van der Waals surface area (Å²) >= 11 is 2.43. The van der Waals surface area contributed by atoms with Crippen LogP contribution in [0.2, 0.25) is 0 Å². The van der Waals surface area contributed by atoms with Crippen LogP contribution in [-0.4, -0.2) is 48.9 Å². The van der Waals surface area contributed by atoms with Crippen molar-refractivity contribution < 1.29 is 19.2 Å². The minimum Gasteiger partial charge on any atom is -0.462 e. The number of nitro benzene ring substituents is 1. The number of hydrogen-bond acceptors (Lipinski definition) is 10. The molecule has 12 nitrogen and oxygen atoms in total. The number of amides is 1. The number of nitro groups is 1. The van der Waals surface area contributed by atoms with E-state index in [2.05, 4.69) is 20.4 Å². The number of ether oxygens (including phenoxy) is 1. The van der Waals surface area contributed by atoms with E-state index in [1.165, 1.54) is 46.5 Å². The number of rotatable bonds is 8. The summed E-state index contributed by atoms with van der Waals surface area (Å²) in [4.78, 5) is 56.7. The number of aromatic amines is 1. The molecule has 0 saturated heterocycles. The lowest BCUT2D eigenvalue weighted by molar-refractivity contribution is -0.384. The monoisotopic (exact) mass is 554 g/mol. The maximum Gasteiger partial charge on any atom is 0.341 e. The van der Waals surface area contributed by atoms with Crippen LogP contribution in [0.1, 0.15) is 40.6 Å². The third-order valence-electron chi connectivity index (χ3n) is 5.97. The van der Waals surface area contributed by atoms with E-state index in [0.717, 1.165) is 47.9 Å². The number of thiophene rings is 1. The Morgan fingerprint density at radius 1 is 1.26 bits per heavy atom. The van der Waals surface area contributed by atoms with Crippen molar-refractivity contribution in [2.75, 3.05) is 17.7 Å². The summed E-state index contributed by atoms with van der Waals surface area (Å²) in [6.07, 6.45) is 5.02. The first-order valence-electron chi connectivity index (χ1n) is 11.8. The number of non-ortho nitro benzene ring substituents is 1. The number of aryl methyl sites for hydroxylation is 1. The molecular weight excluding hydrogens is 532 g/mol. The molecule has 38 heavy (non-hydrogen) atoms. The number of nitrogens with zero attached hydrogens (tertiary/aromatic N) is 4. The maximum atomic E-state index is 12.8. The second-order valence-electron chi connectivity index (χ2n) is 8.41. The molecule has 2 N–H and O–H groups in total. The lowest BCUT2D eigenvalue weighted by atomic mass is 9.95. The predicted molar refractivity (Wildman–Crippen MR) is 142 cm³/mol. The average Bonchev–Trinajstić information content (AvgIpc) is 3.49. The number of carbonyl (C=O) groups excluding carboxylic acids is 2. The fraction of sp³-hybridized carbons (Fsp3) is 0.292. The Morgan fingerprint density at radius 2 is 2.03 bits per heavy atom. The largest absolute Gasteiger partial charge is 0.462 e. The molecule has 1 aromatic carbocycles. The van der Waals surface area contributed by atoms with Crippen LogP contribution >= 0.6 is 23.1 Å². The molecule has 0 atom stereocenters. The molecule has 0 spiro atoms. The van der Waals surface area contributed by atoms with Crippen LogP contribution in [0.25, 0.3) is 16.7 Å². The number of esters is 1. The zero-order valence-electron chi connectivity index (χ0n) is 20.2. The molecular formula is C24H22N6O6S2. The van der Waals surface area contributed by atoms with Gasteiger partial charge < -0.3 is 15.0 Å². The van der Waals surface area contributed by atoms with Crippen LogP contribution in [0, 0.1) is 10.1 Å². The predicted octanol–water partition coefficient (Wildman–Crippen LogP) is 3.86. The first-order valence-corrected chi connectivity index (χ1v) is 13.6. The number of benzene rings is 1. The standard InChI is InChI=1S/C24H22N6O6S2/c1-2-36-23(33)19-15-5-3-4-6-17(15)38-22(19)26-18(31)12-37-24-27-20-16(21(32)28-24)11-25-29(20)13-7-9-14(10-8-13)30(34)35/h7-11H,2-6,12H2,1H3,(H,26,31)(H,27,28,32). The van der Waals surface area contributed by atoms with Crippen molar-refractivity contribution in [3.63, 3.8) is 0 Å². The highest BCUT2D eigenvalue weighted by molar-refractivity contribution is 7.99. The van der Waals surface area contributed by atoms with Gasteiger partial charge in [0.2, 0.25) is 5.91 Å². The first-order chi connectivity index (χ1) is 18.4. The fourth-order valence-corrected chi connectivity index (χ4v) is 6.19. The smallest absolute Gasteiger partial charge is 0.341 e. The minimum absolute atomic E-state index is 0.0645. The van der Waals surface area contributed by atoms with E-state index in [4.69, 9.17) is 4.74 Å². The Balaban J connectivity index is 1.35. The van der Waals surface area contributed by atoms with Gasteiger partial charge in [0.15, 0.2) is 10.8 Å². The average molecular weight is 555 g/mol. The van der Waals surface area contributed by atoms with E-state index in [0.29, 0.717) is 16.3 Å². The first kappa shape index (κ1) is 25.6. The van der Waals surface area contributed by atoms with E-state index < -0.39 is 16.5 Å². The summed E-state index contributed by atoms with van der Waals surface area (Å²) in [5.74, 6) is -0.859. The Morgan fingerprint density at radius 3 is 2.76 bits per heavy atom. The van der Waals surface area contributed by atoms with Crippen molar-refractivity contribution in [2.24, 2.45) is 0 Å². The maximum absolute atomic E-state index is 12.8. The highest BCUT2D eigenvalue weighted by Crippen LogP contribution is 2.38. The molecule has 0 unspecified atom stereocenters. The van der Waals surface area contributed by atoms with Crippen LogP contribution in [0.3, 0.4) is 0 Å². The molecule has 3 heterocycles. The molecule has 1 aliphatic carbocycles. The highest BCUT2D eigenvalue weighted by atomic mass is 32.2. The van der Waals surface area contributed by atoms with E-state index >= 15 is 0 Å². The lowest BCUT2D eigenvalue weighted by Crippen LogP contribution is -2.18. The van der Waals surface area contributed by atoms with Crippen LogP contribution in [0.15, 0.2) is 40.4 Å². The van der Waals surface area contributed by atoms with Gasteiger partial charge in [-0.05, 0) is 50.3 Å². The molecule has 0 fully saturated rings. The second kappa shape index (κ2) is 10.8. The number of fused-ring (bicyclic) bond motifs is 2. The van der Waals surface area contributed by atoms with Gasteiger partial charge in [-0.3, -0.25) is 19.7 Å². The summed E-state index contributed by atoms with van der Waals surface area (Å²) in [6, 6.07) is 5.69. The number of hydrogen-bond donors (Lipinski definition) is 2. The number of thioether (sulfide) groups is 1. The van der Waals surface area contributed by atoms with Gasteiger partial charge in [-0.15, -0.1) is 11.3 Å². The summed E-state index contributed by atoms with van der Waals surface area (Å²) in [5, 5.41) is 18.9. The van der Waals surface area contributed by atoms with Crippen molar-refractivity contribution in [1.29, 1.82) is 0 Å². The fourth-order valence-electron chi connectivity index (χ4n) is 4.24. The van der Waals surface area contributed by atoms with Crippen LogP contribution in [-0.2, 0) is 22.4 Å². The van der Waals surface area contributed by atoms with Crippen LogP contribution in [0.4, 0.5) is 10.7 Å². The summed E-state index contributed by atoms with van der Waals surface area (Å²) in [7, 11) is 0. The van der Waals surface area contributed by atoms with E-state index in [1.807, 2.05) is 0 Å². The van der Waals surface area contributed by atoms with E-state index in [1.54, 1.807) is 6.92 Å². The zero-order valence-corrected chi connectivity index (χ0v) is 21.8. The molecule has 0 saturated carbocycles. The van der Waals surface area contributed by atoms with Crippen LogP contribution < -0.4 is 10.9 Å². The molecule has 1 aliphatic rings. The Hall–Kier alpha value is -4.04. The minimum atomic E-state index is -0.505. The van der Waals surface area contributed by atoms with Gasteiger partial charge >= 0.3 is 5.97 Å². The molecule has 0 bridgehead atoms. The normalized spacial score (nSPS) is 12.8. The van der Waals surface area contributed by atoms with Gasteiger partial charge in [-0.25, -0.2) is 14.5 Å². The van der Waals surface area contributed by atoms with Gasteiger partial charge in [0.1, 0.15) is 10.4 Å². The van der Waals surface area contributed by atoms with Gasteiger partial charge in [0.25, 0.3) is 11.2 Å². The lowest BCUT2D eigenvalue weighted by Gasteiger charge is -2.12. The Bertz CT molecular complexity index is 1610. The topological polar surface area (TPSA) is 162 Å². The number of carbonyl (C=O) groups is 2. The number of H-pyrrole nitrogens is 1. The second-order valence-corrected chi connectivity index (χ2v) is 10.5. The van der Waals surface area contributed by atoms with E-state index in [9.17, 15) is 24.5 Å². The highest BCUT2D eigenvalue weighted by Gasteiger charge is 2.27. The third kappa shape index (κ3) is 5.04. The van der Waals surface area contributed by atoms with Crippen molar-refractivity contribution in [1.82, 2.24) is 19.7 Å². The number of aromatic nitrogens is 4. The number of anilines is 1. The van der Waals surface area contributed by atoms with Gasteiger partial charge in [0, 0.05) is 17.0 Å². The summed E-state index contributed by atoms with van der Waals surface area (Å²) in [5.41, 5.74) is 1.63. The van der Waals surface area contributed by atoms with Crippen molar-refractivity contribution in [3.05, 3.63) is 66.9 Å². The van der Waals surface area contributed by atoms with Crippen molar-refractivity contribution in [3.8, 4) is 5.69 Å². The van der Waals surface area contributed by atoms with Gasteiger partial charge in [-0.2, -0.15) is 5.10 Å².